The molecule has 2 aromatic heterocycles. The van der Waals surface area contributed by atoms with E-state index in [9.17, 15) is 33.9 Å². The molecule has 3 amide bonds. The topological polar surface area (TPSA) is 214 Å². The Balaban J connectivity index is 1.30. The van der Waals surface area contributed by atoms with Gasteiger partial charge in [0, 0.05) is 30.7 Å². The van der Waals surface area contributed by atoms with Gasteiger partial charge in [-0.05, 0) is 21.6 Å². The van der Waals surface area contributed by atoms with E-state index in [0.29, 0.717) is 22.0 Å². The monoisotopic (exact) mass is 613 g/mol. The van der Waals surface area contributed by atoms with Crippen LogP contribution in [0.25, 0.3) is 0 Å². The maximum absolute atomic E-state index is 13.4. The fourth-order valence-corrected chi connectivity index (χ4v) is 6.74. The summed E-state index contributed by atoms with van der Waals surface area (Å²) in [6.45, 7) is -0.557. The summed E-state index contributed by atoms with van der Waals surface area (Å²) in [4.78, 5) is 76.3. The number of carboxylic acid groups (broad SMARTS) is 1. The van der Waals surface area contributed by atoms with E-state index in [2.05, 4.69) is 31.3 Å². The predicted molar refractivity (Wildman–Crippen MR) is 148 cm³/mol. The molecule has 1 saturated heterocycles. The number of rotatable bonds is 10. The second-order valence-corrected chi connectivity index (χ2v) is 11.2. The Morgan fingerprint density at radius 3 is 2.62 bits per heavy atom. The molecule has 2 unspecified atom stereocenters. The summed E-state index contributed by atoms with van der Waals surface area (Å²) in [7, 11) is 1.65. The van der Waals surface area contributed by atoms with Gasteiger partial charge in [0.2, 0.25) is 17.0 Å². The van der Waals surface area contributed by atoms with Crippen molar-refractivity contribution >= 4 is 47.2 Å². The van der Waals surface area contributed by atoms with E-state index in [1.54, 1.807) is 37.4 Å². The molecule has 3 aromatic rings. The van der Waals surface area contributed by atoms with Gasteiger partial charge in [-0.25, -0.2) is 14.2 Å². The second-order valence-electron chi connectivity index (χ2n) is 9.17. The van der Waals surface area contributed by atoms with Gasteiger partial charge in [-0.15, -0.1) is 16.9 Å². The number of H-pyrrole nitrogens is 1. The summed E-state index contributed by atoms with van der Waals surface area (Å²) in [6, 6.07) is 8.01. The minimum atomic E-state index is -1.27. The van der Waals surface area contributed by atoms with E-state index < -0.39 is 58.8 Å². The molecule has 5 rings (SSSR count). The number of aliphatic carboxylic acids is 1. The van der Waals surface area contributed by atoms with E-state index >= 15 is 0 Å². The summed E-state index contributed by atoms with van der Waals surface area (Å²) >= 11 is 2.54. The Kier molecular flexibility index (Phi) is 8.25. The average molecular weight is 614 g/mol. The number of hydrogen-bond acceptors (Lipinski definition) is 11. The Morgan fingerprint density at radius 1 is 1.17 bits per heavy atom. The highest BCUT2D eigenvalue weighted by Gasteiger charge is 2.54. The fourth-order valence-electron chi connectivity index (χ4n) is 4.40. The highest BCUT2D eigenvalue weighted by Crippen LogP contribution is 2.41. The Bertz CT molecular complexity index is 1700. The number of hydrogen-bond donors (Lipinski definition) is 4. The molecule has 218 valence electrons. The number of thioether (sulfide) groups is 2. The Hall–Kier alpha value is -4.71. The number of β-lactam (4-membered cyclic amide) rings is 1. The maximum Gasteiger partial charge on any atom is 0.352 e. The molecular formula is C24H23N9O7S2. The van der Waals surface area contributed by atoms with Gasteiger partial charge >= 0.3 is 5.97 Å². The first kappa shape index (κ1) is 28.8. The number of aromatic nitrogens is 6. The molecule has 0 saturated carbocycles. The van der Waals surface area contributed by atoms with Crippen molar-refractivity contribution in [3.63, 3.8) is 0 Å². The van der Waals surface area contributed by atoms with Crippen molar-refractivity contribution in [2.75, 3.05) is 11.5 Å². The number of amides is 3. The lowest BCUT2D eigenvalue weighted by molar-refractivity contribution is -0.151. The van der Waals surface area contributed by atoms with Gasteiger partial charge in [0.05, 0.1) is 0 Å². The molecular weight excluding hydrogens is 590 g/mol. The summed E-state index contributed by atoms with van der Waals surface area (Å²) in [5.41, 5.74) is -0.431. The van der Waals surface area contributed by atoms with E-state index in [1.165, 1.54) is 28.2 Å². The summed E-state index contributed by atoms with van der Waals surface area (Å²) in [5.74, 6) is -2.79. The summed E-state index contributed by atoms with van der Waals surface area (Å²) in [6.07, 6.45) is 0. The largest absolute Gasteiger partial charge is 0.477 e. The molecule has 0 aliphatic carbocycles. The van der Waals surface area contributed by atoms with Crippen molar-refractivity contribution in [2.45, 2.75) is 29.2 Å². The summed E-state index contributed by atoms with van der Waals surface area (Å²) in [5, 5.41) is 28.3. The first-order valence-electron chi connectivity index (χ1n) is 12.3. The van der Waals surface area contributed by atoms with Crippen molar-refractivity contribution in [2.24, 2.45) is 7.05 Å². The maximum atomic E-state index is 13.4. The molecule has 4 N–H and O–H groups in total. The molecule has 1 aromatic carbocycles. The van der Waals surface area contributed by atoms with Crippen LogP contribution in [0.3, 0.4) is 0 Å². The van der Waals surface area contributed by atoms with Crippen LogP contribution in [0, 0.1) is 0 Å². The van der Waals surface area contributed by atoms with Gasteiger partial charge in [-0.2, -0.15) is 0 Å². The molecule has 2 aliphatic rings. The molecule has 16 nitrogen and oxygen atoms in total. The number of benzene rings is 1. The van der Waals surface area contributed by atoms with E-state index in [1.807, 2.05) is 0 Å². The standard InChI is InChI=1S/C24H23N9O7S2/c1-31-24(27-29-30-31)42-11-13-10-41-22-18(21(38)33(22)19(13)23(39)40)26-20(37)17(12-5-3-2-4-6-12)25-15(35)9-32-16(36)8-7-14(34)28-32/h2-8,17-18,22H,9-11H2,1H3,(H,25,35)(H,26,37)(H,28,34)(H,39,40)/t17?,18?,22-/m1/s1. The number of carbonyl (C=O) groups is 4. The lowest BCUT2D eigenvalue weighted by Crippen LogP contribution is -2.71. The zero-order valence-corrected chi connectivity index (χ0v) is 23.4. The van der Waals surface area contributed by atoms with Crippen molar-refractivity contribution in [3.8, 4) is 0 Å². The molecule has 42 heavy (non-hydrogen) atoms. The third-order valence-electron chi connectivity index (χ3n) is 6.39. The highest BCUT2D eigenvalue weighted by molar-refractivity contribution is 8.01. The van der Waals surface area contributed by atoms with Crippen molar-refractivity contribution in [1.29, 1.82) is 0 Å². The predicted octanol–water partition coefficient (Wildman–Crippen LogP) is -1.55. The van der Waals surface area contributed by atoms with Crippen LogP contribution in [0.15, 0.2) is 68.5 Å². The van der Waals surface area contributed by atoms with Crippen LogP contribution in [0.2, 0.25) is 0 Å². The molecule has 3 atom stereocenters. The Morgan fingerprint density at radius 2 is 1.93 bits per heavy atom. The second kappa shape index (κ2) is 12.0. The fraction of sp³-hybridized carbons (Fsp3) is 0.292. The minimum absolute atomic E-state index is 0.146. The highest BCUT2D eigenvalue weighted by atomic mass is 32.2. The van der Waals surface area contributed by atoms with E-state index in [-0.39, 0.29) is 11.4 Å². The molecule has 0 radical (unpaired) electrons. The molecule has 18 heteroatoms. The smallest absolute Gasteiger partial charge is 0.352 e. The first-order chi connectivity index (χ1) is 20.1. The summed E-state index contributed by atoms with van der Waals surface area (Å²) < 4.78 is 2.25. The van der Waals surface area contributed by atoms with Crippen LogP contribution in [0.4, 0.5) is 0 Å². The number of nitrogens with zero attached hydrogens (tertiary/aromatic N) is 6. The van der Waals surface area contributed by atoms with Crippen LogP contribution >= 0.6 is 23.5 Å². The quantitative estimate of drug-likeness (QED) is 0.151. The molecule has 4 heterocycles. The van der Waals surface area contributed by atoms with Gasteiger partial charge < -0.3 is 15.7 Å². The molecule has 0 bridgehead atoms. The minimum Gasteiger partial charge on any atom is -0.477 e. The number of aromatic amines is 1. The van der Waals surface area contributed by atoms with E-state index in [0.717, 1.165) is 21.7 Å². The zero-order chi connectivity index (χ0) is 30.0. The van der Waals surface area contributed by atoms with Crippen LogP contribution in [-0.4, -0.2) is 86.6 Å². The third kappa shape index (κ3) is 5.84. The van der Waals surface area contributed by atoms with E-state index in [4.69, 9.17) is 0 Å². The van der Waals surface area contributed by atoms with Gasteiger partial charge in [-0.1, -0.05) is 42.1 Å². The van der Waals surface area contributed by atoms with Gasteiger partial charge in [0.15, 0.2) is 0 Å². The lowest BCUT2D eigenvalue weighted by atomic mass is 10.0. The van der Waals surface area contributed by atoms with Crippen molar-refractivity contribution in [1.82, 2.24) is 45.5 Å². The van der Waals surface area contributed by atoms with Crippen LogP contribution in [0.1, 0.15) is 11.6 Å². The first-order valence-corrected chi connectivity index (χ1v) is 14.4. The van der Waals surface area contributed by atoms with Gasteiger partial charge in [0.25, 0.3) is 17.0 Å². The zero-order valence-electron chi connectivity index (χ0n) is 21.8. The number of carboxylic acids is 1. The van der Waals surface area contributed by atoms with Crippen LogP contribution < -0.4 is 21.8 Å². The SMILES string of the molecule is Cn1nnnc1SCC1=C(C(=O)O)N2C(=O)C(NC(=O)C(NC(=O)Cn3[nH]c(=O)ccc3=O)c3ccccc3)[C@H]2SC1. The number of aryl methyl sites for hydroxylation is 1. The van der Waals surface area contributed by atoms with Crippen molar-refractivity contribution < 1.29 is 24.3 Å². The normalized spacial score (nSPS) is 18.6. The van der Waals surface area contributed by atoms with Gasteiger partial charge in [-0.3, -0.25) is 34.0 Å². The number of carbonyl (C=O) groups excluding carboxylic acids is 3. The number of fused-ring (bicyclic) bond motifs is 1. The average Bonchev–Trinajstić information content (AvgIpc) is 3.39. The molecule has 2 aliphatic heterocycles. The number of nitrogens with one attached hydrogen (secondary N) is 3. The Labute approximate surface area is 244 Å². The molecule has 0 spiro atoms. The van der Waals surface area contributed by atoms with Crippen LogP contribution in [-0.2, 0) is 32.8 Å². The third-order valence-corrected chi connectivity index (χ3v) is 8.83. The van der Waals surface area contributed by atoms with Crippen LogP contribution in [0.5, 0.6) is 0 Å². The van der Waals surface area contributed by atoms with Crippen molar-refractivity contribution in [3.05, 3.63) is 80.0 Å². The lowest BCUT2D eigenvalue weighted by Gasteiger charge is -2.49. The molecule has 1 fully saturated rings. The van der Waals surface area contributed by atoms with Gasteiger partial charge in [0.1, 0.15) is 29.7 Å². The number of tetrazole rings is 1.